The molecule has 286 valence electrons. The van der Waals surface area contributed by atoms with E-state index in [0.717, 1.165) is 11.1 Å². The normalized spacial score (nSPS) is 18.2. The molecule has 14 heteroatoms. The molecule has 4 amide bonds. The molecule has 13 nitrogen and oxygen atoms in total. The lowest BCUT2D eigenvalue weighted by Gasteiger charge is -2.54. The maximum absolute atomic E-state index is 13.9. The lowest BCUT2D eigenvalue weighted by molar-refractivity contribution is -0.150. The van der Waals surface area contributed by atoms with Gasteiger partial charge < -0.3 is 32.3 Å². The number of hydrogen-bond acceptors (Lipinski definition) is 8. The van der Waals surface area contributed by atoms with Crippen molar-refractivity contribution in [3.05, 3.63) is 71.8 Å². The molecule has 1 unspecified atom stereocenters. The highest BCUT2D eigenvalue weighted by atomic mass is 32.2. The van der Waals surface area contributed by atoms with Gasteiger partial charge in [-0.25, -0.2) is 12.7 Å². The topological polar surface area (TPSA) is 197 Å². The molecule has 2 aliphatic heterocycles. The van der Waals surface area contributed by atoms with Gasteiger partial charge in [0.1, 0.15) is 18.1 Å². The monoisotopic (exact) mass is 739 g/mol. The van der Waals surface area contributed by atoms with E-state index in [1.807, 2.05) is 74.5 Å². The second-order valence-electron chi connectivity index (χ2n) is 14.9. The van der Waals surface area contributed by atoms with Gasteiger partial charge in [0.15, 0.2) is 0 Å². The van der Waals surface area contributed by atoms with Crippen molar-refractivity contribution in [1.29, 1.82) is 0 Å². The summed E-state index contributed by atoms with van der Waals surface area (Å²) in [7, 11) is -3.26. The number of benzene rings is 2. The van der Waals surface area contributed by atoms with E-state index < -0.39 is 51.9 Å². The fourth-order valence-electron chi connectivity index (χ4n) is 7.04. The Morgan fingerprint density at radius 2 is 1.29 bits per heavy atom. The van der Waals surface area contributed by atoms with Gasteiger partial charge >= 0.3 is 0 Å². The second-order valence-corrected chi connectivity index (χ2v) is 16.9. The number of piperidine rings is 1. The zero-order valence-corrected chi connectivity index (χ0v) is 31.6. The van der Waals surface area contributed by atoms with Crippen LogP contribution < -0.4 is 27.4 Å². The first-order valence-electron chi connectivity index (χ1n) is 18.4. The third-order valence-electron chi connectivity index (χ3n) is 10.1. The van der Waals surface area contributed by atoms with Gasteiger partial charge in [0.2, 0.25) is 33.7 Å². The van der Waals surface area contributed by atoms with E-state index in [0.29, 0.717) is 77.7 Å². The number of hydrogen-bond donors (Lipinski definition) is 5. The molecule has 52 heavy (non-hydrogen) atoms. The van der Waals surface area contributed by atoms with E-state index >= 15 is 0 Å². The van der Waals surface area contributed by atoms with Crippen molar-refractivity contribution >= 4 is 33.7 Å². The van der Waals surface area contributed by atoms with Crippen LogP contribution in [0.1, 0.15) is 63.5 Å². The largest absolute Gasteiger partial charge is 0.343 e. The third kappa shape index (κ3) is 11.8. The minimum absolute atomic E-state index is 0.0249. The van der Waals surface area contributed by atoms with Crippen LogP contribution in [0.25, 0.3) is 0 Å². The Labute approximate surface area is 308 Å². The first-order chi connectivity index (χ1) is 24.7. The zero-order valence-electron chi connectivity index (χ0n) is 30.8. The Bertz CT molecular complexity index is 1590. The summed E-state index contributed by atoms with van der Waals surface area (Å²) in [5, 5.41) is 8.67. The molecule has 4 atom stereocenters. The second kappa shape index (κ2) is 18.8. The predicted molar refractivity (Wildman–Crippen MR) is 201 cm³/mol. The average molecular weight is 740 g/mol. The number of nitrogens with two attached hydrogens (primary N) is 2. The van der Waals surface area contributed by atoms with Gasteiger partial charge in [0.25, 0.3) is 0 Å². The van der Waals surface area contributed by atoms with E-state index in [2.05, 4.69) is 16.0 Å². The summed E-state index contributed by atoms with van der Waals surface area (Å²) in [6, 6.07) is 15.0. The van der Waals surface area contributed by atoms with Crippen LogP contribution in [-0.2, 0) is 42.0 Å². The molecule has 2 saturated heterocycles. The van der Waals surface area contributed by atoms with Crippen molar-refractivity contribution < 1.29 is 27.6 Å². The molecule has 0 radical (unpaired) electrons. The van der Waals surface area contributed by atoms with Crippen LogP contribution in [0.15, 0.2) is 60.7 Å². The highest BCUT2D eigenvalue weighted by Gasteiger charge is 2.49. The zero-order chi connectivity index (χ0) is 37.9. The van der Waals surface area contributed by atoms with Crippen LogP contribution in [0.5, 0.6) is 0 Å². The molecule has 4 rings (SSSR count). The van der Waals surface area contributed by atoms with Gasteiger partial charge in [-0.2, -0.15) is 0 Å². The van der Waals surface area contributed by atoms with Gasteiger partial charge in [0.05, 0.1) is 12.3 Å². The molecule has 0 bridgehead atoms. The van der Waals surface area contributed by atoms with Crippen molar-refractivity contribution in [3.63, 3.8) is 0 Å². The summed E-state index contributed by atoms with van der Waals surface area (Å²) >= 11 is 0. The molecule has 1 spiro atoms. The molecule has 2 aromatic rings. The Morgan fingerprint density at radius 3 is 1.83 bits per heavy atom. The minimum Gasteiger partial charge on any atom is -0.343 e. The number of amides is 4. The van der Waals surface area contributed by atoms with E-state index in [1.165, 1.54) is 10.6 Å². The van der Waals surface area contributed by atoms with Crippen LogP contribution in [0, 0.1) is 11.3 Å². The lowest BCUT2D eigenvalue weighted by Crippen LogP contribution is -2.65. The molecule has 0 aliphatic carbocycles. The predicted octanol–water partition coefficient (Wildman–Crippen LogP) is 1.31. The SMILES string of the molecule is CC(C)CC(NC(=O)[C@@H](Cc1ccccc1)NC(=O)[C@H](N)Cc1ccccc1)C(=O)N[C@H](CCCCN)C(=O)N1CC2(CCN(S(C)(=O)=O)CC2)C1. The van der Waals surface area contributed by atoms with E-state index in [1.54, 1.807) is 4.90 Å². The molecule has 7 N–H and O–H groups in total. The Morgan fingerprint density at radius 1 is 0.769 bits per heavy atom. The van der Waals surface area contributed by atoms with E-state index in [4.69, 9.17) is 11.5 Å². The highest BCUT2D eigenvalue weighted by molar-refractivity contribution is 7.88. The molecular weight excluding hydrogens is 683 g/mol. The van der Waals surface area contributed by atoms with Crippen molar-refractivity contribution in [2.45, 2.75) is 89.4 Å². The van der Waals surface area contributed by atoms with Gasteiger partial charge in [-0.05, 0) is 68.5 Å². The molecular formula is C38H57N7O6S. The first kappa shape index (κ1) is 40.9. The fourth-order valence-corrected chi connectivity index (χ4v) is 7.89. The first-order valence-corrected chi connectivity index (χ1v) is 20.2. The number of nitrogens with one attached hydrogen (secondary N) is 3. The summed E-state index contributed by atoms with van der Waals surface area (Å²) in [6.45, 7) is 6.21. The number of unbranched alkanes of at least 4 members (excludes halogenated alkanes) is 1. The van der Waals surface area contributed by atoms with Crippen molar-refractivity contribution in [2.75, 3.05) is 39.0 Å². The summed E-state index contributed by atoms with van der Waals surface area (Å²) in [5.41, 5.74) is 13.6. The number of sulfonamides is 1. The standard InChI is InChI=1S/C38H57N7O6S/c1-27(2)22-32(43-36(48)33(24-29-14-8-5-9-15-29)42-34(46)30(40)23-28-12-6-4-7-13-28)35(47)41-31(16-10-11-19-39)37(49)44-25-38(26-44)17-20-45(21-18-38)52(3,50)51/h4-9,12-15,27,30-33H,10-11,16-26,39-40H2,1-3H3,(H,41,47)(H,42,46)(H,43,48)/t30-,31-,32?,33-/m1/s1. The lowest BCUT2D eigenvalue weighted by atomic mass is 9.72. The van der Waals surface area contributed by atoms with Crippen LogP contribution >= 0.6 is 0 Å². The average Bonchev–Trinajstić information content (AvgIpc) is 3.09. The summed E-state index contributed by atoms with van der Waals surface area (Å²) < 4.78 is 25.5. The van der Waals surface area contributed by atoms with Crippen molar-refractivity contribution in [2.24, 2.45) is 22.8 Å². The Balaban J connectivity index is 1.44. The number of rotatable bonds is 18. The summed E-state index contributed by atoms with van der Waals surface area (Å²) in [5.74, 6) is -1.66. The third-order valence-corrected chi connectivity index (χ3v) is 11.4. The van der Waals surface area contributed by atoms with Gasteiger partial charge in [0, 0.05) is 38.0 Å². The van der Waals surface area contributed by atoms with Crippen LogP contribution in [-0.4, -0.2) is 104 Å². The van der Waals surface area contributed by atoms with Crippen LogP contribution in [0.2, 0.25) is 0 Å². The molecule has 2 aliphatic rings. The summed E-state index contributed by atoms with van der Waals surface area (Å²) in [4.78, 5) is 56.7. The molecule has 2 fully saturated rings. The smallest absolute Gasteiger partial charge is 0.245 e. The quantitative estimate of drug-likeness (QED) is 0.141. The van der Waals surface area contributed by atoms with E-state index in [9.17, 15) is 27.6 Å². The molecule has 2 aromatic carbocycles. The number of likely N-dealkylation sites (tertiary alicyclic amines) is 1. The summed E-state index contributed by atoms with van der Waals surface area (Å²) in [6.07, 6.45) is 5.06. The molecule has 0 aromatic heterocycles. The van der Waals surface area contributed by atoms with Gasteiger partial charge in [-0.3, -0.25) is 19.2 Å². The Hall–Kier alpha value is -3.85. The maximum Gasteiger partial charge on any atom is 0.245 e. The van der Waals surface area contributed by atoms with Crippen molar-refractivity contribution in [3.8, 4) is 0 Å². The minimum atomic E-state index is -3.26. The number of nitrogens with zero attached hydrogens (tertiary/aromatic N) is 2. The maximum atomic E-state index is 13.9. The van der Waals surface area contributed by atoms with Gasteiger partial charge in [-0.1, -0.05) is 74.5 Å². The highest BCUT2D eigenvalue weighted by Crippen LogP contribution is 2.41. The molecule has 0 saturated carbocycles. The van der Waals surface area contributed by atoms with Gasteiger partial charge in [-0.15, -0.1) is 0 Å². The van der Waals surface area contributed by atoms with Crippen LogP contribution in [0.3, 0.4) is 0 Å². The number of carbonyl (C=O) groups excluding carboxylic acids is 4. The van der Waals surface area contributed by atoms with Crippen molar-refractivity contribution in [1.82, 2.24) is 25.2 Å². The Kier molecular flexibility index (Phi) is 14.8. The fraction of sp³-hybridized carbons (Fsp3) is 0.579. The van der Waals surface area contributed by atoms with Crippen LogP contribution in [0.4, 0.5) is 0 Å². The number of carbonyl (C=O) groups is 4. The van der Waals surface area contributed by atoms with E-state index in [-0.39, 0.29) is 23.7 Å². The molecule has 2 heterocycles.